The molecule has 1 fully saturated rings. The van der Waals surface area contributed by atoms with Crippen LogP contribution in [0.4, 0.5) is 5.69 Å². The molecule has 2 heterocycles. The lowest BCUT2D eigenvalue weighted by Crippen LogP contribution is -2.44. The SMILES string of the molecule is Cc1cnccc1N(C)C1CCCNC1. The van der Waals surface area contributed by atoms with E-state index in [1.165, 1.54) is 30.6 Å². The minimum Gasteiger partial charge on any atom is -0.370 e. The smallest absolute Gasteiger partial charge is 0.0427 e. The number of rotatable bonds is 2. The van der Waals surface area contributed by atoms with E-state index in [1.54, 1.807) is 0 Å². The van der Waals surface area contributed by atoms with Crippen LogP contribution in [0.3, 0.4) is 0 Å². The maximum Gasteiger partial charge on any atom is 0.0427 e. The van der Waals surface area contributed by atoms with Gasteiger partial charge in [-0.15, -0.1) is 0 Å². The van der Waals surface area contributed by atoms with Crippen molar-refractivity contribution in [3.05, 3.63) is 24.0 Å². The molecule has 1 aliphatic rings. The molecule has 3 heteroatoms. The van der Waals surface area contributed by atoms with Crippen LogP contribution in [0.2, 0.25) is 0 Å². The van der Waals surface area contributed by atoms with Crippen molar-refractivity contribution in [2.24, 2.45) is 0 Å². The lowest BCUT2D eigenvalue weighted by atomic mass is 10.1. The van der Waals surface area contributed by atoms with Crippen LogP contribution in [0.25, 0.3) is 0 Å². The first-order valence-electron chi connectivity index (χ1n) is 5.63. The molecule has 0 spiro atoms. The topological polar surface area (TPSA) is 28.2 Å². The number of aryl methyl sites for hydroxylation is 1. The summed E-state index contributed by atoms with van der Waals surface area (Å²) in [6.45, 7) is 4.38. The van der Waals surface area contributed by atoms with Crippen LogP contribution in [-0.4, -0.2) is 31.2 Å². The molecule has 0 bridgehead atoms. The molecule has 2 rings (SSSR count). The predicted octanol–water partition coefficient (Wildman–Crippen LogP) is 1.58. The molecule has 3 nitrogen and oxygen atoms in total. The van der Waals surface area contributed by atoms with Gasteiger partial charge in [0.15, 0.2) is 0 Å². The van der Waals surface area contributed by atoms with E-state index in [4.69, 9.17) is 0 Å². The molecular weight excluding hydrogens is 186 g/mol. The van der Waals surface area contributed by atoms with Gasteiger partial charge in [-0.2, -0.15) is 0 Å². The fraction of sp³-hybridized carbons (Fsp3) is 0.583. The second-order valence-corrected chi connectivity index (χ2v) is 4.27. The highest BCUT2D eigenvalue weighted by molar-refractivity contribution is 5.51. The van der Waals surface area contributed by atoms with E-state index in [9.17, 15) is 0 Å². The average Bonchev–Trinajstić information content (AvgIpc) is 2.30. The summed E-state index contributed by atoms with van der Waals surface area (Å²) in [5.74, 6) is 0. The number of nitrogens with one attached hydrogen (secondary N) is 1. The van der Waals surface area contributed by atoms with Crippen molar-refractivity contribution in [2.75, 3.05) is 25.0 Å². The predicted molar refractivity (Wildman–Crippen MR) is 63.3 cm³/mol. The van der Waals surface area contributed by atoms with Crippen molar-refractivity contribution < 1.29 is 0 Å². The number of anilines is 1. The van der Waals surface area contributed by atoms with Gasteiger partial charge in [0.1, 0.15) is 0 Å². The van der Waals surface area contributed by atoms with Crippen LogP contribution in [0.15, 0.2) is 18.5 Å². The van der Waals surface area contributed by atoms with Gasteiger partial charge in [-0.05, 0) is 37.9 Å². The van der Waals surface area contributed by atoms with Crippen LogP contribution in [0, 0.1) is 6.92 Å². The number of nitrogens with zero attached hydrogens (tertiary/aromatic N) is 2. The normalized spacial score (nSPS) is 21.3. The van der Waals surface area contributed by atoms with E-state index in [2.05, 4.69) is 35.2 Å². The molecule has 1 N–H and O–H groups in total. The maximum absolute atomic E-state index is 4.13. The maximum atomic E-state index is 4.13. The van der Waals surface area contributed by atoms with Crippen molar-refractivity contribution in [1.29, 1.82) is 0 Å². The van der Waals surface area contributed by atoms with E-state index >= 15 is 0 Å². The molecule has 1 atom stereocenters. The number of piperidine rings is 1. The first-order chi connectivity index (χ1) is 7.29. The fourth-order valence-corrected chi connectivity index (χ4v) is 2.22. The average molecular weight is 205 g/mol. The molecule has 15 heavy (non-hydrogen) atoms. The summed E-state index contributed by atoms with van der Waals surface area (Å²) >= 11 is 0. The largest absolute Gasteiger partial charge is 0.370 e. The van der Waals surface area contributed by atoms with E-state index in [-0.39, 0.29) is 0 Å². The number of aromatic nitrogens is 1. The molecule has 0 radical (unpaired) electrons. The Balaban J connectivity index is 2.12. The molecular formula is C12H19N3. The molecule has 1 unspecified atom stereocenters. The second kappa shape index (κ2) is 4.62. The number of hydrogen-bond acceptors (Lipinski definition) is 3. The van der Waals surface area contributed by atoms with Crippen LogP contribution >= 0.6 is 0 Å². The third-order valence-corrected chi connectivity index (χ3v) is 3.19. The standard InChI is InChI=1S/C12H19N3/c1-10-8-14-7-5-12(10)15(2)11-4-3-6-13-9-11/h5,7-8,11,13H,3-4,6,9H2,1-2H3. The molecule has 0 aliphatic carbocycles. The quantitative estimate of drug-likeness (QED) is 0.794. The van der Waals surface area contributed by atoms with Gasteiger partial charge < -0.3 is 10.2 Å². The molecule has 0 aromatic carbocycles. The van der Waals surface area contributed by atoms with Gasteiger partial charge in [0.05, 0.1) is 0 Å². The Morgan fingerprint density at radius 1 is 1.53 bits per heavy atom. The Bertz CT molecular complexity index is 318. The van der Waals surface area contributed by atoms with Crippen LogP contribution in [0.5, 0.6) is 0 Å². The first-order valence-corrected chi connectivity index (χ1v) is 5.63. The molecule has 1 saturated heterocycles. The Kier molecular flexibility index (Phi) is 3.21. The summed E-state index contributed by atoms with van der Waals surface area (Å²) in [4.78, 5) is 6.51. The minimum absolute atomic E-state index is 0.625. The highest BCUT2D eigenvalue weighted by atomic mass is 15.2. The molecule has 1 aromatic heterocycles. The first kappa shape index (κ1) is 10.4. The van der Waals surface area contributed by atoms with Crippen molar-refractivity contribution in [3.8, 4) is 0 Å². The Morgan fingerprint density at radius 3 is 3.07 bits per heavy atom. The Morgan fingerprint density at radius 2 is 2.40 bits per heavy atom. The minimum atomic E-state index is 0.625. The van der Waals surface area contributed by atoms with Crippen molar-refractivity contribution in [1.82, 2.24) is 10.3 Å². The Labute approximate surface area is 91.5 Å². The fourth-order valence-electron chi connectivity index (χ4n) is 2.22. The Hall–Kier alpha value is -1.09. The monoisotopic (exact) mass is 205 g/mol. The third-order valence-electron chi connectivity index (χ3n) is 3.19. The van der Waals surface area contributed by atoms with Gasteiger partial charge in [0.2, 0.25) is 0 Å². The second-order valence-electron chi connectivity index (χ2n) is 4.27. The molecule has 1 aromatic rings. The zero-order chi connectivity index (χ0) is 10.7. The lowest BCUT2D eigenvalue weighted by molar-refractivity contribution is 0.444. The van der Waals surface area contributed by atoms with E-state index in [0.29, 0.717) is 6.04 Å². The summed E-state index contributed by atoms with van der Waals surface area (Å²) in [5.41, 5.74) is 2.56. The molecule has 82 valence electrons. The van der Waals surface area contributed by atoms with Gasteiger partial charge in [0, 0.05) is 37.7 Å². The zero-order valence-corrected chi connectivity index (χ0v) is 9.53. The highest BCUT2D eigenvalue weighted by Crippen LogP contribution is 2.21. The molecule has 0 saturated carbocycles. The summed E-state index contributed by atoms with van der Waals surface area (Å²) < 4.78 is 0. The van der Waals surface area contributed by atoms with E-state index in [0.717, 1.165) is 6.54 Å². The van der Waals surface area contributed by atoms with Crippen molar-refractivity contribution >= 4 is 5.69 Å². The third kappa shape index (κ3) is 2.29. The lowest BCUT2D eigenvalue weighted by Gasteiger charge is -2.34. The number of likely N-dealkylation sites (N-methyl/N-ethyl adjacent to an activating group) is 1. The highest BCUT2D eigenvalue weighted by Gasteiger charge is 2.18. The molecule has 1 aliphatic heterocycles. The summed E-state index contributed by atoms with van der Waals surface area (Å²) in [6, 6.07) is 2.73. The van der Waals surface area contributed by atoms with Crippen LogP contribution < -0.4 is 10.2 Å². The van der Waals surface area contributed by atoms with Gasteiger partial charge in [-0.1, -0.05) is 0 Å². The van der Waals surface area contributed by atoms with Crippen LogP contribution in [0.1, 0.15) is 18.4 Å². The summed E-state index contributed by atoms with van der Waals surface area (Å²) in [5, 5.41) is 3.45. The van der Waals surface area contributed by atoms with Gasteiger partial charge >= 0.3 is 0 Å². The van der Waals surface area contributed by atoms with Gasteiger partial charge in [-0.3, -0.25) is 4.98 Å². The van der Waals surface area contributed by atoms with Crippen molar-refractivity contribution in [3.63, 3.8) is 0 Å². The number of pyridine rings is 1. The van der Waals surface area contributed by atoms with Crippen molar-refractivity contribution in [2.45, 2.75) is 25.8 Å². The number of hydrogen-bond donors (Lipinski definition) is 1. The molecule has 0 amide bonds. The van der Waals surface area contributed by atoms with Crippen LogP contribution in [-0.2, 0) is 0 Å². The van der Waals surface area contributed by atoms with E-state index < -0.39 is 0 Å². The summed E-state index contributed by atoms with van der Waals surface area (Å²) in [6.07, 6.45) is 6.36. The zero-order valence-electron chi connectivity index (χ0n) is 9.53. The summed E-state index contributed by atoms with van der Waals surface area (Å²) in [7, 11) is 2.18. The van der Waals surface area contributed by atoms with Gasteiger partial charge in [-0.25, -0.2) is 0 Å². The van der Waals surface area contributed by atoms with Gasteiger partial charge in [0.25, 0.3) is 0 Å². The van der Waals surface area contributed by atoms with E-state index in [1.807, 2.05) is 12.4 Å².